The predicted octanol–water partition coefficient (Wildman–Crippen LogP) is 3.81. The van der Waals surface area contributed by atoms with Crippen LogP contribution in [0.2, 0.25) is 0 Å². The average molecular weight is 517 g/mol. The maximum absolute atomic E-state index is 12.6. The first-order chi connectivity index (χ1) is 15.5. The average Bonchev–Trinajstić information content (AvgIpc) is 3.16. The smallest absolute Gasteiger partial charge is 0.234 e. The van der Waals surface area contributed by atoms with Crippen molar-refractivity contribution in [2.24, 2.45) is 10.9 Å². The lowest BCUT2D eigenvalue weighted by molar-refractivity contribution is -0.113. The van der Waals surface area contributed by atoms with Crippen LogP contribution in [-0.2, 0) is 4.79 Å². The van der Waals surface area contributed by atoms with Gasteiger partial charge < -0.3 is 10.1 Å². The number of fused-ring (bicyclic) bond motifs is 1. The summed E-state index contributed by atoms with van der Waals surface area (Å²) in [6.07, 6.45) is -0.235. The number of thioether (sulfide) groups is 1. The van der Waals surface area contributed by atoms with E-state index in [0.717, 1.165) is 15.9 Å². The third kappa shape index (κ3) is 4.98. The second-order valence-electron chi connectivity index (χ2n) is 7.45. The maximum Gasteiger partial charge on any atom is 0.234 e. The molecule has 0 saturated carbocycles. The van der Waals surface area contributed by atoms with E-state index in [9.17, 15) is 4.79 Å². The Morgan fingerprint density at radius 3 is 2.62 bits per heavy atom. The summed E-state index contributed by atoms with van der Waals surface area (Å²) in [6, 6.07) is 15.1. The summed E-state index contributed by atoms with van der Waals surface area (Å²) in [5.74, 6) is 1.15. The van der Waals surface area contributed by atoms with Gasteiger partial charge in [0.05, 0.1) is 18.3 Å². The van der Waals surface area contributed by atoms with Crippen LogP contribution in [-0.4, -0.2) is 41.5 Å². The van der Waals surface area contributed by atoms with Gasteiger partial charge in [0.15, 0.2) is 5.17 Å². The third-order valence-electron chi connectivity index (χ3n) is 5.20. The molecule has 1 amide bonds. The molecule has 8 nitrogen and oxygen atoms in total. The van der Waals surface area contributed by atoms with E-state index in [0.29, 0.717) is 23.3 Å². The molecule has 2 heterocycles. The highest BCUT2D eigenvalue weighted by Crippen LogP contribution is 2.32. The number of aliphatic imine (C=N–C) groups is 1. The summed E-state index contributed by atoms with van der Waals surface area (Å²) in [6.45, 7) is 4.56. The second-order valence-corrected chi connectivity index (χ2v) is 9.31. The van der Waals surface area contributed by atoms with Crippen LogP contribution < -0.4 is 25.8 Å². The first kappa shape index (κ1) is 22.8. The molecule has 2 aromatic carbocycles. The van der Waals surface area contributed by atoms with Gasteiger partial charge >= 0.3 is 0 Å². The number of hydrogen-bond acceptors (Lipinski definition) is 7. The van der Waals surface area contributed by atoms with E-state index in [1.54, 1.807) is 0 Å². The molecule has 2 aromatic rings. The summed E-state index contributed by atoms with van der Waals surface area (Å²) in [4.78, 5) is 19.2. The molecule has 0 bridgehead atoms. The Morgan fingerprint density at radius 1 is 1.22 bits per heavy atom. The number of rotatable bonds is 6. The monoisotopic (exact) mass is 516 g/mol. The number of nitrogens with zero attached hydrogens (tertiary/aromatic N) is 2. The van der Waals surface area contributed by atoms with Crippen molar-refractivity contribution in [3.63, 3.8) is 0 Å². The predicted molar refractivity (Wildman–Crippen MR) is 133 cm³/mol. The Bertz CT molecular complexity index is 1010. The SMILES string of the molecule is CCOc1ccc(NC(=O)CSC2=NC3NNC(C)C3C(=N)N2c2ccc(Br)cc2)cc1. The number of halogens is 1. The molecule has 168 valence electrons. The number of hydrogen-bond donors (Lipinski definition) is 4. The molecule has 2 aliphatic rings. The van der Waals surface area contributed by atoms with Crippen LogP contribution in [0.5, 0.6) is 5.75 Å². The van der Waals surface area contributed by atoms with Crippen molar-refractivity contribution in [3.8, 4) is 5.75 Å². The molecule has 1 fully saturated rings. The molecule has 4 rings (SSSR count). The summed E-state index contributed by atoms with van der Waals surface area (Å²) in [7, 11) is 0. The van der Waals surface area contributed by atoms with Gasteiger partial charge in [0.2, 0.25) is 5.91 Å². The van der Waals surface area contributed by atoms with Crippen LogP contribution in [0.15, 0.2) is 58.0 Å². The molecule has 0 radical (unpaired) electrons. The fraction of sp³-hybridized carbons (Fsp3) is 0.318. The summed E-state index contributed by atoms with van der Waals surface area (Å²) < 4.78 is 6.39. The lowest BCUT2D eigenvalue weighted by atomic mass is 9.97. The normalized spacial score (nSPS) is 22.3. The molecule has 3 unspecified atom stereocenters. The van der Waals surface area contributed by atoms with Crippen LogP contribution in [0.3, 0.4) is 0 Å². The highest BCUT2D eigenvalue weighted by molar-refractivity contribution is 9.10. The lowest BCUT2D eigenvalue weighted by Crippen LogP contribution is -2.50. The van der Waals surface area contributed by atoms with Crippen molar-refractivity contribution in [1.29, 1.82) is 5.41 Å². The Balaban J connectivity index is 1.48. The van der Waals surface area contributed by atoms with Crippen LogP contribution >= 0.6 is 27.7 Å². The van der Waals surface area contributed by atoms with E-state index in [1.807, 2.05) is 67.3 Å². The number of hydrazine groups is 1. The zero-order chi connectivity index (χ0) is 22.7. The number of anilines is 2. The van der Waals surface area contributed by atoms with Gasteiger partial charge in [-0.2, -0.15) is 0 Å². The van der Waals surface area contributed by atoms with Crippen LogP contribution in [0.4, 0.5) is 11.4 Å². The molecular formula is C22H25BrN6O2S. The molecule has 10 heteroatoms. The minimum absolute atomic E-state index is 0.0729. The van der Waals surface area contributed by atoms with Gasteiger partial charge in [0.1, 0.15) is 17.8 Å². The fourth-order valence-electron chi connectivity index (χ4n) is 3.67. The van der Waals surface area contributed by atoms with Gasteiger partial charge in [0, 0.05) is 21.9 Å². The van der Waals surface area contributed by atoms with Gasteiger partial charge in [-0.1, -0.05) is 27.7 Å². The quantitative estimate of drug-likeness (QED) is 0.465. The molecule has 0 aliphatic carbocycles. The number of amides is 1. The van der Waals surface area contributed by atoms with Crippen LogP contribution in [0.25, 0.3) is 0 Å². The van der Waals surface area contributed by atoms with Crippen molar-refractivity contribution in [3.05, 3.63) is 53.0 Å². The molecule has 32 heavy (non-hydrogen) atoms. The zero-order valence-corrected chi connectivity index (χ0v) is 20.2. The minimum atomic E-state index is -0.235. The van der Waals surface area contributed by atoms with E-state index in [-0.39, 0.29) is 29.8 Å². The van der Waals surface area contributed by atoms with Crippen LogP contribution in [0.1, 0.15) is 13.8 Å². The largest absolute Gasteiger partial charge is 0.494 e. The number of ether oxygens (including phenoxy) is 1. The van der Waals surface area contributed by atoms with Crippen molar-refractivity contribution in [2.45, 2.75) is 26.1 Å². The molecule has 4 N–H and O–H groups in total. The standard InChI is InChI=1S/C22H25BrN6O2S/c1-3-31-17-10-6-15(7-11-17)25-18(30)12-32-22-26-21-19(13(2)27-28-21)20(24)29(22)16-8-4-14(23)5-9-16/h4-11,13,19,21,24,27-28H,3,12H2,1-2H3,(H,25,30). The number of amidine groups is 2. The van der Waals surface area contributed by atoms with Gasteiger partial charge in [-0.15, -0.1) is 0 Å². The maximum atomic E-state index is 12.6. The van der Waals surface area contributed by atoms with Gasteiger partial charge in [-0.25, -0.2) is 10.4 Å². The van der Waals surface area contributed by atoms with Crippen molar-refractivity contribution in [2.75, 3.05) is 22.6 Å². The summed E-state index contributed by atoms with van der Waals surface area (Å²) in [5, 5.41) is 12.4. The summed E-state index contributed by atoms with van der Waals surface area (Å²) >= 11 is 4.78. The summed E-state index contributed by atoms with van der Waals surface area (Å²) in [5.41, 5.74) is 7.88. The molecule has 1 saturated heterocycles. The second kappa shape index (κ2) is 10.0. The Morgan fingerprint density at radius 2 is 1.94 bits per heavy atom. The first-order valence-corrected chi connectivity index (χ1v) is 12.1. The van der Waals surface area contributed by atoms with E-state index in [1.165, 1.54) is 11.8 Å². The number of benzene rings is 2. The molecule has 3 atom stereocenters. The molecule has 2 aliphatic heterocycles. The zero-order valence-electron chi connectivity index (χ0n) is 17.8. The van der Waals surface area contributed by atoms with Crippen molar-refractivity contribution in [1.82, 2.24) is 10.9 Å². The Hall–Kier alpha value is -2.40. The molecule has 0 aromatic heterocycles. The minimum Gasteiger partial charge on any atom is -0.494 e. The van der Waals surface area contributed by atoms with E-state index in [4.69, 9.17) is 15.1 Å². The third-order valence-corrected chi connectivity index (χ3v) is 6.68. The fourth-order valence-corrected chi connectivity index (χ4v) is 4.79. The number of carbonyl (C=O) groups excluding carboxylic acids is 1. The van der Waals surface area contributed by atoms with E-state index in [2.05, 4.69) is 32.1 Å². The van der Waals surface area contributed by atoms with Gasteiger partial charge in [-0.3, -0.25) is 20.5 Å². The van der Waals surface area contributed by atoms with Gasteiger partial charge in [0.25, 0.3) is 0 Å². The van der Waals surface area contributed by atoms with Gasteiger partial charge in [-0.05, 0) is 62.4 Å². The Kier molecular flexibility index (Phi) is 7.14. The lowest BCUT2D eigenvalue weighted by Gasteiger charge is -2.35. The molecule has 0 spiro atoms. The Labute approximate surface area is 199 Å². The van der Waals surface area contributed by atoms with E-state index >= 15 is 0 Å². The van der Waals surface area contributed by atoms with Crippen molar-refractivity contribution >= 4 is 56.0 Å². The highest BCUT2D eigenvalue weighted by Gasteiger charge is 2.43. The molecular weight excluding hydrogens is 492 g/mol. The van der Waals surface area contributed by atoms with E-state index < -0.39 is 0 Å². The topological polar surface area (TPSA) is 102 Å². The van der Waals surface area contributed by atoms with Crippen LogP contribution in [0, 0.1) is 11.3 Å². The highest BCUT2D eigenvalue weighted by atomic mass is 79.9. The first-order valence-electron chi connectivity index (χ1n) is 10.3. The number of nitrogens with one attached hydrogen (secondary N) is 4. The number of carbonyl (C=O) groups is 1. The van der Waals surface area contributed by atoms with Crippen molar-refractivity contribution < 1.29 is 9.53 Å².